The Labute approximate surface area is 381 Å². The Balaban J connectivity index is 0.000000262. The maximum absolute atomic E-state index is 12.8. The molecule has 8 bridgehead atoms. The zero-order valence-corrected chi connectivity index (χ0v) is 40.2. The van der Waals surface area contributed by atoms with Gasteiger partial charge in [0.25, 0.3) is 0 Å². The van der Waals surface area contributed by atoms with E-state index in [-0.39, 0.29) is 36.4 Å². The molecule has 6 nitrogen and oxygen atoms in total. The zero-order valence-electron chi connectivity index (χ0n) is 37.9. The van der Waals surface area contributed by atoms with Crippen LogP contribution in [0.4, 0.5) is 0 Å². The van der Waals surface area contributed by atoms with E-state index in [9.17, 15) is 9.59 Å². The van der Waals surface area contributed by atoms with Gasteiger partial charge in [0, 0.05) is 0 Å². The first-order chi connectivity index (χ1) is 30.0. The van der Waals surface area contributed by atoms with Crippen LogP contribution in [-0.4, -0.2) is 57.3 Å². The average molecular weight is 953 g/mol. The molecule has 0 spiro atoms. The van der Waals surface area contributed by atoms with Crippen LogP contribution in [0.1, 0.15) is 117 Å². The minimum absolute atomic E-state index is 0.0474. The third-order valence-electron chi connectivity index (χ3n) is 15.5. The molecule has 0 atom stereocenters. The Kier molecular flexibility index (Phi) is 14.1. The molecule has 0 unspecified atom stereocenters. The van der Waals surface area contributed by atoms with Crippen molar-refractivity contribution in [3.8, 4) is 22.6 Å². The van der Waals surface area contributed by atoms with Crippen LogP contribution in [0.25, 0.3) is 11.1 Å². The number of hydrogen-bond donors (Lipinski definition) is 0. The number of esters is 2. The van der Waals surface area contributed by atoms with Gasteiger partial charge in [-0.1, -0.05) is 82.3 Å². The number of ether oxygens (including phenoxy) is 4. The molecule has 4 aromatic rings. The summed E-state index contributed by atoms with van der Waals surface area (Å²) in [7, 11) is 0. The summed E-state index contributed by atoms with van der Waals surface area (Å²) in [5.41, 5.74) is 3.33. The SMILES string of the molecule is CC.CC(C)c1ccc(-c2ccccc2)cc1.CC1(OC(=O)COc2ccc([Te]c3ccc(OCC(=O)OC4(C)C5CC6CC(C5)CC4C6)cc3)cc2)C2CC3CC(C2)CC1C3. The van der Waals surface area contributed by atoms with Gasteiger partial charge in [-0.2, -0.15) is 0 Å². The van der Waals surface area contributed by atoms with Crippen molar-refractivity contribution in [2.45, 2.75) is 123 Å². The van der Waals surface area contributed by atoms with Gasteiger partial charge in [0.1, 0.15) is 0 Å². The van der Waals surface area contributed by atoms with Crippen molar-refractivity contribution >= 4 is 40.1 Å². The Morgan fingerprint density at radius 1 is 0.516 bits per heavy atom. The van der Waals surface area contributed by atoms with E-state index in [0.29, 0.717) is 41.1 Å². The first kappa shape index (κ1) is 44.8. The predicted octanol–water partition coefficient (Wildman–Crippen LogP) is 11.1. The summed E-state index contributed by atoms with van der Waals surface area (Å²) in [6.45, 7) is 12.7. The Bertz CT molecular complexity index is 1930. The van der Waals surface area contributed by atoms with Crippen molar-refractivity contribution in [2.24, 2.45) is 47.3 Å². The van der Waals surface area contributed by atoms with Gasteiger partial charge in [-0.15, -0.1) is 0 Å². The van der Waals surface area contributed by atoms with E-state index in [2.05, 4.69) is 100 Å². The second-order valence-corrected chi connectivity index (χ2v) is 23.0. The van der Waals surface area contributed by atoms with E-state index >= 15 is 0 Å². The molecule has 62 heavy (non-hydrogen) atoms. The Morgan fingerprint density at radius 2 is 0.871 bits per heavy atom. The quantitative estimate of drug-likeness (QED) is 0.104. The number of benzene rings is 4. The van der Waals surface area contributed by atoms with Gasteiger partial charge >= 0.3 is 266 Å². The second kappa shape index (κ2) is 19.5. The van der Waals surface area contributed by atoms with E-state index < -0.39 is 20.9 Å². The summed E-state index contributed by atoms with van der Waals surface area (Å²) in [5, 5.41) is 0. The second-order valence-electron chi connectivity index (χ2n) is 19.7. The van der Waals surface area contributed by atoms with Crippen LogP contribution in [0.5, 0.6) is 11.5 Å². The molecule has 8 aliphatic rings. The van der Waals surface area contributed by atoms with Crippen molar-refractivity contribution in [2.75, 3.05) is 13.2 Å². The Morgan fingerprint density at radius 3 is 1.23 bits per heavy atom. The summed E-state index contributed by atoms with van der Waals surface area (Å²) in [4.78, 5) is 25.6. The summed E-state index contributed by atoms with van der Waals surface area (Å²) in [5.74, 6) is 6.93. The number of carbonyl (C=O) groups is 2. The molecule has 4 aromatic carbocycles. The van der Waals surface area contributed by atoms with Gasteiger partial charge in [0.15, 0.2) is 0 Å². The van der Waals surface area contributed by atoms with Crippen LogP contribution in [-0.2, 0) is 19.1 Å². The fraction of sp³-hybridized carbons (Fsp3) is 0.527. The number of rotatable bonds is 12. The normalized spacial score (nSPS) is 30.7. The van der Waals surface area contributed by atoms with E-state index in [0.717, 1.165) is 23.7 Å². The first-order valence-electron chi connectivity index (χ1n) is 23.7. The van der Waals surface area contributed by atoms with Gasteiger partial charge in [0.2, 0.25) is 0 Å². The number of carbonyl (C=O) groups excluding carboxylic acids is 2. The van der Waals surface area contributed by atoms with Crippen molar-refractivity contribution in [1.29, 1.82) is 0 Å². The topological polar surface area (TPSA) is 71.1 Å². The molecule has 0 heterocycles. The van der Waals surface area contributed by atoms with Gasteiger partial charge in [-0.25, -0.2) is 0 Å². The van der Waals surface area contributed by atoms with Gasteiger partial charge in [0.05, 0.1) is 0 Å². The van der Waals surface area contributed by atoms with E-state index in [1.54, 1.807) is 0 Å². The minimum atomic E-state index is -0.597. The standard InChI is InChI=1S/C38H46O6Te.C15H16.C2H6/c1-37(27-13-23-11-24(15-27)16-28(37)14-23)43-35(39)21-41-31-3-7-33(8-4-31)45-34-9-5-32(6-10-34)42-22-36(40)44-38(2)29-17-25-12-26(19-29)20-30(38)18-25;1-12(2)13-8-10-15(11-9-13)14-6-4-3-5-7-14;1-2/h3-10,23-30H,11-22H2,1-2H3;3-12H,1-2H3;1-2H3. The van der Waals surface area contributed by atoms with Crippen LogP contribution in [0.2, 0.25) is 0 Å². The summed E-state index contributed by atoms with van der Waals surface area (Å²) in [6, 6.07) is 35.5. The fourth-order valence-corrected chi connectivity index (χ4v) is 14.8. The molecule has 0 aromatic heterocycles. The van der Waals surface area contributed by atoms with E-state index in [1.807, 2.05) is 44.2 Å². The molecule has 12 rings (SSSR count). The molecule has 8 aliphatic carbocycles. The third kappa shape index (κ3) is 10.1. The predicted molar refractivity (Wildman–Crippen MR) is 249 cm³/mol. The molecule has 0 amide bonds. The van der Waals surface area contributed by atoms with Crippen molar-refractivity contribution in [3.63, 3.8) is 0 Å². The molecule has 8 fully saturated rings. The van der Waals surface area contributed by atoms with Crippen molar-refractivity contribution < 1.29 is 28.5 Å². The summed E-state index contributed by atoms with van der Waals surface area (Å²) < 4.78 is 26.5. The van der Waals surface area contributed by atoms with Crippen LogP contribution in [0.15, 0.2) is 103 Å². The van der Waals surface area contributed by atoms with Crippen molar-refractivity contribution in [1.82, 2.24) is 0 Å². The molecule has 0 aliphatic heterocycles. The van der Waals surface area contributed by atoms with Gasteiger partial charge in [-0.3, -0.25) is 0 Å². The summed E-state index contributed by atoms with van der Waals surface area (Å²) in [6.07, 6.45) is 12.5. The van der Waals surface area contributed by atoms with E-state index in [4.69, 9.17) is 18.9 Å². The molecule has 8 saturated carbocycles. The monoisotopic (exact) mass is 954 g/mol. The molecule has 7 heteroatoms. The van der Waals surface area contributed by atoms with Crippen molar-refractivity contribution in [3.05, 3.63) is 109 Å². The Hall–Kier alpha value is -3.79. The molecular weight excluding hydrogens is 884 g/mol. The van der Waals surface area contributed by atoms with Crippen LogP contribution in [0, 0.1) is 47.3 Å². The third-order valence-corrected chi connectivity index (χ3v) is 18.4. The van der Waals surface area contributed by atoms with Crippen LogP contribution < -0.4 is 16.7 Å². The fourth-order valence-electron chi connectivity index (χ4n) is 12.4. The van der Waals surface area contributed by atoms with Crippen LogP contribution in [0.3, 0.4) is 0 Å². The van der Waals surface area contributed by atoms with Crippen LogP contribution >= 0.6 is 0 Å². The maximum atomic E-state index is 12.8. The summed E-state index contributed by atoms with van der Waals surface area (Å²) >= 11 is -0.597. The molecule has 0 N–H and O–H groups in total. The average Bonchev–Trinajstić information content (AvgIpc) is 3.28. The first-order valence-corrected chi connectivity index (χ1v) is 26.0. The molecule has 0 radical (unpaired) electrons. The molecule has 330 valence electrons. The van der Waals surface area contributed by atoms with Gasteiger partial charge in [-0.05, 0) is 35.4 Å². The van der Waals surface area contributed by atoms with Gasteiger partial charge < -0.3 is 0 Å². The number of hydrogen-bond acceptors (Lipinski definition) is 6. The molecular formula is C55H68O6Te. The zero-order chi connectivity index (χ0) is 43.4. The molecule has 0 saturated heterocycles. The van der Waals surface area contributed by atoms with E-state index in [1.165, 1.54) is 88.1 Å².